The molecule has 1 aliphatic carbocycles. The maximum absolute atomic E-state index is 12.7. The van der Waals surface area contributed by atoms with E-state index >= 15 is 0 Å². The molecule has 2 amide bonds. The molecular formula is C24H31N3O2. The van der Waals surface area contributed by atoms with Crippen LogP contribution in [0.4, 0.5) is 5.69 Å². The highest BCUT2D eigenvalue weighted by Gasteiger charge is 2.30. The van der Waals surface area contributed by atoms with E-state index in [1.807, 2.05) is 42.5 Å². The number of anilines is 1. The van der Waals surface area contributed by atoms with E-state index in [9.17, 15) is 9.59 Å². The summed E-state index contributed by atoms with van der Waals surface area (Å²) in [5, 5.41) is 5.88. The van der Waals surface area contributed by atoms with Gasteiger partial charge in [0.1, 0.15) is 0 Å². The van der Waals surface area contributed by atoms with Gasteiger partial charge in [-0.25, -0.2) is 0 Å². The molecule has 154 valence electrons. The van der Waals surface area contributed by atoms with E-state index in [1.54, 1.807) is 12.1 Å². The van der Waals surface area contributed by atoms with Crippen molar-refractivity contribution in [1.29, 1.82) is 0 Å². The Balaban J connectivity index is 1.59. The SMILES string of the molecule is CC(C)CCN(CC(=O)Nc1ccccc1C(=O)NCc1ccccc1)C1CC1. The molecule has 3 rings (SSSR count). The summed E-state index contributed by atoms with van der Waals surface area (Å²) in [5.41, 5.74) is 2.08. The van der Waals surface area contributed by atoms with Crippen LogP contribution in [0, 0.1) is 5.92 Å². The Morgan fingerprint density at radius 3 is 2.41 bits per heavy atom. The minimum absolute atomic E-state index is 0.0658. The van der Waals surface area contributed by atoms with Crippen LogP contribution in [-0.4, -0.2) is 35.8 Å². The fraction of sp³-hybridized carbons (Fsp3) is 0.417. The molecule has 0 saturated heterocycles. The predicted molar refractivity (Wildman–Crippen MR) is 117 cm³/mol. The second-order valence-corrected chi connectivity index (χ2v) is 8.15. The summed E-state index contributed by atoms with van der Waals surface area (Å²) in [4.78, 5) is 27.6. The highest BCUT2D eigenvalue weighted by molar-refractivity contribution is 6.04. The molecule has 5 nitrogen and oxygen atoms in total. The summed E-state index contributed by atoms with van der Waals surface area (Å²) < 4.78 is 0. The molecule has 2 N–H and O–H groups in total. The molecule has 0 atom stereocenters. The van der Waals surface area contributed by atoms with Gasteiger partial charge in [0.05, 0.1) is 17.8 Å². The van der Waals surface area contributed by atoms with Gasteiger partial charge in [0, 0.05) is 12.6 Å². The predicted octanol–water partition coefficient (Wildman–Crippen LogP) is 4.07. The summed E-state index contributed by atoms with van der Waals surface area (Å²) in [6.07, 6.45) is 3.43. The van der Waals surface area contributed by atoms with Crippen LogP contribution < -0.4 is 10.6 Å². The van der Waals surface area contributed by atoms with Gasteiger partial charge in [0.25, 0.3) is 5.91 Å². The molecule has 0 aromatic heterocycles. The molecule has 0 unspecified atom stereocenters. The number of hydrogen-bond acceptors (Lipinski definition) is 3. The monoisotopic (exact) mass is 393 g/mol. The van der Waals surface area contributed by atoms with E-state index in [0.29, 0.717) is 36.3 Å². The van der Waals surface area contributed by atoms with Crippen molar-refractivity contribution in [2.75, 3.05) is 18.4 Å². The summed E-state index contributed by atoms with van der Waals surface area (Å²) in [7, 11) is 0. The molecule has 0 bridgehead atoms. The third-order valence-electron chi connectivity index (χ3n) is 5.15. The first-order valence-electron chi connectivity index (χ1n) is 10.5. The molecule has 5 heteroatoms. The van der Waals surface area contributed by atoms with Crippen LogP contribution in [0.5, 0.6) is 0 Å². The first-order chi connectivity index (χ1) is 14.0. The summed E-state index contributed by atoms with van der Waals surface area (Å²) in [6, 6.07) is 17.5. The number of carbonyl (C=O) groups excluding carboxylic acids is 2. The average molecular weight is 394 g/mol. The lowest BCUT2D eigenvalue weighted by Crippen LogP contribution is -2.36. The molecule has 1 aliphatic rings. The van der Waals surface area contributed by atoms with E-state index < -0.39 is 0 Å². The standard InChI is InChI=1S/C24H31N3O2/c1-18(2)14-15-27(20-12-13-20)17-23(28)26-22-11-7-6-10-21(22)24(29)25-16-19-8-4-3-5-9-19/h3-11,18,20H,12-17H2,1-2H3,(H,25,29)(H,26,28). The van der Waals surface area contributed by atoms with Crippen LogP contribution in [-0.2, 0) is 11.3 Å². The van der Waals surface area contributed by atoms with E-state index in [2.05, 4.69) is 29.4 Å². The van der Waals surface area contributed by atoms with Crippen molar-refractivity contribution in [2.45, 2.75) is 45.7 Å². The van der Waals surface area contributed by atoms with Crippen molar-refractivity contribution in [2.24, 2.45) is 5.92 Å². The molecule has 0 spiro atoms. The van der Waals surface area contributed by atoms with Crippen molar-refractivity contribution < 1.29 is 9.59 Å². The minimum Gasteiger partial charge on any atom is -0.348 e. The van der Waals surface area contributed by atoms with Crippen LogP contribution in [0.25, 0.3) is 0 Å². The molecule has 29 heavy (non-hydrogen) atoms. The van der Waals surface area contributed by atoms with E-state index in [1.165, 1.54) is 12.8 Å². The van der Waals surface area contributed by atoms with Gasteiger partial charge in [-0.1, -0.05) is 56.3 Å². The smallest absolute Gasteiger partial charge is 0.253 e. The van der Waals surface area contributed by atoms with Gasteiger partial charge in [-0.3, -0.25) is 14.5 Å². The molecule has 1 saturated carbocycles. The fourth-order valence-electron chi connectivity index (χ4n) is 3.29. The number of amides is 2. The molecule has 2 aromatic rings. The van der Waals surface area contributed by atoms with Crippen molar-refractivity contribution in [1.82, 2.24) is 10.2 Å². The van der Waals surface area contributed by atoms with Gasteiger partial charge in [0.2, 0.25) is 5.91 Å². The first kappa shape index (κ1) is 21.1. The quantitative estimate of drug-likeness (QED) is 0.640. The topological polar surface area (TPSA) is 61.4 Å². The van der Waals surface area contributed by atoms with Gasteiger partial charge in [-0.15, -0.1) is 0 Å². The number of rotatable bonds is 10. The fourth-order valence-corrected chi connectivity index (χ4v) is 3.29. The first-order valence-corrected chi connectivity index (χ1v) is 10.5. The molecular weight excluding hydrogens is 362 g/mol. The number of para-hydroxylation sites is 1. The van der Waals surface area contributed by atoms with Crippen molar-refractivity contribution >= 4 is 17.5 Å². The lowest BCUT2D eigenvalue weighted by molar-refractivity contribution is -0.117. The Morgan fingerprint density at radius 2 is 1.72 bits per heavy atom. The van der Waals surface area contributed by atoms with E-state index in [-0.39, 0.29) is 11.8 Å². The number of nitrogens with zero attached hydrogens (tertiary/aromatic N) is 1. The van der Waals surface area contributed by atoms with Gasteiger partial charge >= 0.3 is 0 Å². The summed E-state index contributed by atoms with van der Waals surface area (Å²) in [6.45, 7) is 6.17. The Labute approximate surface area is 173 Å². The highest BCUT2D eigenvalue weighted by Crippen LogP contribution is 2.27. The van der Waals surface area contributed by atoms with Crippen LogP contribution in [0.3, 0.4) is 0 Å². The number of nitrogens with one attached hydrogen (secondary N) is 2. The molecule has 0 radical (unpaired) electrons. The van der Waals surface area contributed by atoms with Gasteiger partial charge < -0.3 is 10.6 Å². The zero-order valence-corrected chi connectivity index (χ0v) is 17.4. The lowest BCUT2D eigenvalue weighted by atomic mass is 10.1. The molecule has 0 heterocycles. The van der Waals surface area contributed by atoms with E-state index in [4.69, 9.17) is 0 Å². The number of carbonyl (C=O) groups is 2. The zero-order valence-electron chi connectivity index (χ0n) is 17.4. The van der Waals surface area contributed by atoms with Crippen LogP contribution in [0.2, 0.25) is 0 Å². The largest absolute Gasteiger partial charge is 0.348 e. The van der Waals surface area contributed by atoms with E-state index in [0.717, 1.165) is 18.5 Å². The summed E-state index contributed by atoms with van der Waals surface area (Å²) in [5.74, 6) is 0.362. The normalized spacial score (nSPS) is 13.5. The second kappa shape index (κ2) is 10.2. The lowest BCUT2D eigenvalue weighted by Gasteiger charge is -2.22. The van der Waals surface area contributed by atoms with Crippen LogP contribution >= 0.6 is 0 Å². The third kappa shape index (κ3) is 6.71. The third-order valence-corrected chi connectivity index (χ3v) is 5.15. The van der Waals surface area contributed by atoms with Crippen molar-refractivity contribution in [3.05, 3.63) is 65.7 Å². The van der Waals surface area contributed by atoms with Gasteiger partial charge in [-0.2, -0.15) is 0 Å². The van der Waals surface area contributed by atoms with Gasteiger partial charge in [-0.05, 0) is 49.4 Å². The minimum atomic E-state index is -0.191. The summed E-state index contributed by atoms with van der Waals surface area (Å²) >= 11 is 0. The Kier molecular flexibility index (Phi) is 7.42. The maximum atomic E-state index is 12.7. The number of hydrogen-bond donors (Lipinski definition) is 2. The second-order valence-electron chi connectivity index (χ2n) is 8.15. The number of benzene rings is 2. The maximum Gasteiger partial charge on any atom is 0.253 e. The molecule has 1 fully saturated rings. The van der Waals surface area contributed by atoms with Crippen molar-refractivity contribution in [3.8, 4) is 0 Å². The van der Waals surface area contributed by atoms with Gasteiger partial charge in [0.15, 0.2) is 0 Å². The zero-order chi connectivity index (χ0) is 20.6. The molecule has 2 aromatic carbocycles. The van der Waals surface area contributed by atoms with Crippen LogP contribution in [0.15, 0.2) is 54.6 Å². The van der Waals surface area contributed by atoms with Crippen LogP contribution in [0.1, 0.15) is 49.0 Å². The highest BCUT2D eigenvalue weighted by atomic mass is 16.2. The van der Waals surface area contributed by atoms with Crippen molar-refractivity contribution in [3.63, 3.8) is 0 Å². The molecule has 0 aliphatic heterocycles. The average Bonchev–Trinajstić information content (AvgIpc) is 3.55. The Hall–Kier alpha value is -2.66. The Bertz CT molecular complexity index is 816. The Morgan fingerprint density at radius 1 is 1.03 bits per heavy atom.